The van der Waals surface area contributed by atoms with E-state index >= 15 is 0 Å². The highest BCUT2D eigenvalue weighted by molar-refractivity contribution is 5.81. The van der Waals surface area contributed by atoms with Crippen LogP contribution in [-0.2, 0) is 4.79 Å². The molecule has 4 heteroatoms. The van der Waals surface area contributed by atoms with Crippen molar-refractivity contribution < 1.29 is 9.90 Å². The molecule has 0 heterocycles. The lowest BCUT2D eigenvalue weighted by molar-refractivity contribution is -0.122. The van der Waals surface area contributed by atoms with E-state index in [0.717, 1.165) is 0 Å². The Labute approximate surface area is 66.8 Å². The van der Waals surface area contributed by atoms with Gasteiger partial charge in [-0.15, -0.1) is 0 Å². The zero-order valence-corrected chi connectivity index (χ0v) is 6.84. The largest absolute Gasteiger partial charge is 0.396 e. The number of hydrogen-bond acceptors (Lipinski definition) is 3. The summed E-state index contributed by atoms with van der Waals surface area (Å²) in [7, 11) is 0. The maximum atomic E-state index is 10.9. The van der Waals surface area contributed by atoms with Crippen LogP contribution in [0.25, 0.3) is 0 Å². The molecular weight excluding hydrogens is 144 g/mol. The fraction of sp³-hybridized carbons (Fsp3) is 0.857. The normalized spacial score (nSPS) is 12.6. The number of aliphatic hydroxyl groups is 1. The summed E-state index contributed by atoms with van der Waals surface area (Å²) in [6.07, 6.45) is 1.23. The summed E-state index contributed by atoms with van der Waals surface area (Å²) in [5.74, 6) is -0.138. The van der Waals surface area contributed by atoms with Crippen LogP contribution in [0.3, 0.4) is 0 Å². The van der Waals surface area contributed by atoms with Crippen LogP contribution in [0.4, 0.5) is 0 Å². The summed E-state index contributed by atoms with van der Waals surface area (Å²) >= 11 is 0. The Hall–Kier alpha value is -0.610. The van der Waals surface area contributed by atoms with Gasteiger partial charge in [0.2, 0.25) is 5.91 Å². The van der Waals surface area contributed by atoms with Crippen molar-refractivity contribution in [2.75, 3.05) is 13.2 Å². The number of rotatable bonds is 5. The first-order valence-corrected chi connectivity index (χ1v) is 3.86. The van der Waals surface area contributed by atoms with E-state index in [1.807, 2.05) is 6.92 Å². The number of nitrogens with two attached hydrogens (primary N) is 1. The SMILES string of the molecule is CCC(N)C(=O)NCCCO. The van der Waals surface area contributed by atoms with E-state index in [9.17, 15) is 4.79 Å². The van der Waals surface area contributed by atoms with Crippen molar-refractivity contribution in [3.8, 4) is 0 Å². The molecule has 1 atom stereocenters. The van der Waals surface area contributed by atoms with Gasteiger partial charge in [-0.05, 0) is 12.8 Å². The van der Waals surface area contributed by atoms with E-state index in [0.29, 0.717) is 19.4 Å². The quantitative estimate of drug-likeness (QED) is 0.462. The van der Waals surface area contributed by atoms with Crippen molar-refractivity contribution >= 4 is 5.91 Å². The molecule has 0 spiro atoms. The fourth-order valence-electron chi connectivity index (χ4n) is 0.607. The van der Waals surface area contributed by atoms with Gasteiger partial charge < -0.3 is 16.2 Å². The van der Waals surface area contributed by atoms with Gasteiger partial charge in [-0.2, -0.15) is 0 Å². The van der Waals surface area contributed by atoms with Crippen LogP contribution in [0.1, 0.15) is 19.8 Å². The lowest BCUT2D eigenvalue weighted by Crippen LogP contribution is -2.40. The Morgan fingerprint density at radius 1 is 1.73 bits per heavy atom. The molecule has 1 amide bonds. The molecule has 0 fully saturated rings. The van der Waals surface area contributed by atoms with Gasteiger partial charge in [-0.1, -0.05) is 6.92 Å². The molecule has 0 bridgehead atoms. The van der Waals surface area contributed by atoms with Crippen molar-refractivity contribution in [2.45, 2.75) is 25.8 Å². The minimum Gasteiger partial charge on any atom is -0.396 e. The molecular formula is C7H16N2O2. The van der Waals surface area contributed by atoms with Gasteiger partial charge >= 0.3 is 0 Å². The minimum absolute atomic E-state index is 0.0989. The first kappa shape index (κ1) is 10.4. The molecule has 0 aromatic carbocycles. The molecule has 4 N–H and O–H groups in total. The van der Waals surface area contributed by atoms with Crippen LogP contribution in [0.15, 0.2) is 0 Å². The third kappa shape index (κ3) is 4.75. The Morgan fingerprint density at radius 3 is 2.82 bits per heavy atom. The molecule has 0 saturated carbocycles. The van der Waals surface area contributed by atoms with Gasteiger partial charge in [0.05, 0.1) is 6.04 Å². The number of hydrogen-bond donors (Lipinski definition) is 3. The molecule has 0 aromatic heterocycles. The molecule has 4 nitrogen and oxygen atoms in total. The summed E-state index contributed by atoms with van der Waals surface area (Å²) in [6.45, 7) is 2.46. The molecule has 0 rings (SSSR count). The third-order valence-corrected chi connectivity index (χ3v) is 1.41. The van der Waals surface area contributed by atoms with Crippen LogP contribution in [0, 0.1) is 0 Å². The highest BCUT2D eigenvalue weighted by Gasteiger charge is 2.08. The molecule has 0 aliphatic carbocycles. The predicted molar refractivity (Wildman–Crippen MR) is 43.0 cm³/mol. The van der Waals surface area contributed by atoms with Crippen molar-refractivity contribution in [1.82, 2.24) is 5.32 Å². The van der Waals surface area contributed by atoms with E-state index in [-0.39, 0.29) is 12.5 Å². The Morgan fingerprint density at radius 2 is 2.36 bits per heavy atom. The summed E-state index contributed by atoms with van der Waals surface area (Å²) < 4.78 is 0. The minimum atomic E-state index is -0.409. The van der Waals surface area contributed by atoms with Gasteiger partial charge in [-0.25, -0.2) is 0 Å². The number of carbonyl (C=O) groups is 1. The lowest BCUT2D eigenvalue weighted by atomic mass is 10.2. The van der Waals surface area contributed by atoms with Crippen molar-refractivity contribution in [3.63, 3.8) is 0 Å². The molecule has 0 aliphatic rings. The van der Waals surface area contributed by atoms with Crippen molar-refractivity contribution in [1.29, 1.82) is 0 Å². The summed E-state index contributed by atoms with van der Waals surface area (Å²) in [5, 5.41) is 11.0. The number of nitrogens with one attached hydrogen (secondary N) is 1. The monoisotopic (exact) mass is 160 g/mol. The van der Waals surface area contributed by atoms with E-state index in [1.54, 1.807) is 0 Å². The number of amides is 1. The Kier molecular flexibility index (Phi) is 5.78. The average molecular weight is 160 g/mol. The summed E-state index contributed by atoms with van der Waals surface area (Å²) in [4.78, 5) is 10.9. The van der Waals surface area contributed by atoms with Crippen molar-refractivity contribution in [3.05, 3.63) is 0 Å². The van der Waals surface area contributed by atoms with Gasteiger partial charge in [-0.3, -0.25) is 4.79 Å². The first-order chi connectivity index (χ1) is 5.22. The first-order valence-electron chi connectivity index (χ1n) is 3.86. The summed E-state index contributed by atoms with van der Waals surface area (Å²) in [5.41, 5.74) is 5.42. The van der Waals surface area contributed by atoms with E-state index in [2.05, 4.69) is 5.32 Å². The molecule has 66 valence electrons. The number of carbonyl (C=O) groups excluding carboxylic acids is 1. The van der Waals surface area contributed by atoms with Crippen molar-refractivity contribution in [2.24, 2.45) is 5.73 Å². The second-order valence-electron chi connectivity index (χ2n) is 2.38. The van der Waals surface area contributed by atoms with Crippen LogP contribution in [0.2, 0.25) is 0 Å². The van der Waals surface area contributed by atoms with Crippen LogP contribution < -0.4 is 11.1 Å². The zero-order valence-electron chi connectivity index (χ0n) is 6.84. The topological polar surface area (TPSA) is 75.4 Å². The van der Waals surface area contributed by atoms with Gasteiger partial charge in [0.25, 0.3) is 0 Å². The second kappa shape index (κ2) is 6.12. The van der Waals surface area contributed by atoms with Gasteiger partial charge in [0, 0.05) is 13.2 Å². The molecule has 0 aliphatic heterocycles. The maximum absolute atomic E-state index is 10.9. The smallest absolute Gasteiger partial charge is 0.236 e. The average Bonchev–Trinajstić information content (AvgIpc) is 2.03. The second-order valence-corrected chi connectivity index (χ2v) is 2.38. The summed E-state index contributed by atoms with van der Waals surface area (Å²) in [6, 6.07) is -0.409. The molecule has 0 radical (unpaired) electrons. The Balaban J connectivity index is 3.36. The maximum Gasteiger partial charge on any atom is 0.236 e. The van der Waals surface area contributed by atoms with E-state index in [4.69, 9.17) is 10.8 Å². The highest BCUT2D eigenvalue weighted by atomic mass is 16.3. The van der Waals surface area contributed by atoms with E-state index in [1.165, 1.54) is 0 Å². The van der Waals surface area contributed by atoms with Gasteiger partial charge in [0.1, 0.15) is 0 Å². The molecule has 1 unspecified atom stereocenters. The van der Waals surface area contributed by atoms with Gasteiger partial charge in [0.15, 0.2) is 0 Å². The molecule has 0 aromatic rings. The van der Waals surface area contributed by atoms with Crippen LogP contribution in [-0.4, -0.2) is 30.2 Å². The standard InChI is InChI=1S/C7H16N2O2/c1-2-6(8)7(11)9-4-3-5-10/h6,10H,2-5,8H2,1H3,(H,9,11). The highest BCUT2D eigenvalue weighted by Crippen LogP contribution is 1.85. The fourth-order valence-corrected chi connectivity index (χ4v) is 0.607. The van der Waals surface area contributed by atoms with Crippen LogP contribution in [0.5, 0.6) is 0 Å². The predicted octanol–water partition coefficient (Wildman–Crippen LogP) is -0.778. The third-order valence-electron chi connectivity index (χ3n) is 1.41. The number of aliphatic hydroxyl groups excluding tert-OH is 1. The molecule has 11 heavy (non-hydrogen) atoms. The zero-order chi connectivity index (χ0) is 8.69. The Bertz CT molecular complexity index is 117. The lowest BCUT2D eigenvalue weighted by Gasteiger charge is -2.08. The molecule has 0 saturated heterocycles. The van der Waals surface area contributed by atoms with Crippen LogP contribution >= 0.6 is 0 Å². The van der Waals surface area contributed by atoms with E-state index < -0.39 is 6.04 Å².